The van der Waals surface area contributed by atoms with Gasteiger partial charge in [-0.05, 0) is 49.8 Å². The van der Waals surface area contributed by atoms with Crippen molar-refractivity contribution in [2.24, 2.45) is 5.92 Å². The molecule has 0 radical (unpaired) electrons. The lowest BCUT2D eigenvalue weighted by Crippen LogP contribution is -2.48. The van der Waals surface area contributed by atoms with Crippen molar-refractivity contribution in [2.45, 2.75) is 75.7 Å². The number of aromatic nitrogens is 2. The van der Waals surface area contributed by atoms with E-state index in [2.05, 4.69) is 4.98 Å². The lowest BCUT2D eigenvalue weighted by atomic mass is 9.85. The van der Waals surface area contributed by atoms with Gasteiger partial charge < -0.3 is 14.8 Å². The predicted molar refractivity (Wildman–Crippen MR) is 144 cm³/mol. The summed E-state index contributed by atoms with van der Waals surface area (Å²) in [6, 6.07) is 6.27. The number of nitrogens with zero attached hydrogens (tertiary/aromatic N) is 3. The molecule has 2 aromatic heterocycles. The number of aryl methyl sites for hydroxylation is 1. The van der Waals surface area contributed by atoms with E-state index in [0.29, 0.717) is 47.5 Å². The van der Waals surface area contributed by atoms with Crippen LogP contribution in [0.2, 0.25) is 0 Å². The number of rotatable bonds is 9. The van der Waals surface area contributed by atoms with Crippen molar-refractivity contribution < 1.29 is 27.8 Å². The van der Waals surface area contributed by atoms with Gasteiger partial charge in [0.1, 0.15) is 15.9 Å². The summed E-state index contributed by atoms with van der Waals surface area (Å²) < 4.78 is 44.9. The first kappa shape index (κ1) is 28.3. The molecule has 11 heteroatoms. The lowest BCUT2D eigenvalue weighted by molar-refractivity contribution is -0.00858. The fourth-order valence-electron chi connectivity index (χ4n) is 4.91. The van der Waals surface area contributed by atoms with E-state index in [1.54, 1.807) is 35.2 Å². The minimum absolute atomic E-state index is 0.160. The average Bonchev–Trinajstić information content (AvgIpc) is 3.45. The number of benzene rings is 1. The van der Waals surface area contributed by atoms with Crippen LogP contribution in [-0.4, -0.2) is 50.7 Å². The molecule has 0 saturated heterocycles. The first-order valence-corrected chi connectivity index (χ1v) is 15.0. The molecule has 1 aliphatic rings. The maximum absolute atomic E-state index is 15.2. The summed E-state index contributed by atoms with van der Waals surface area (Å²) in [5.41, 5.74) is -0.373. The van der Waals surface area contributed by atoms with Crippen LogP contribution in [0.4, 0.5) is 9.18 Å². The van der Waals surface area contributed by atoms with Gasteiger partial charge in [0.25, 0.3) is 10.0 Å². The second-order valence-corrected chi connectivity index (χ2v) is 13.7. The Morgan fingerprint density at radius 3 is 2.53 bits per heavy atom. The minimum atomic E-state index is -4.54. The highest BCUT2D eigenvalue weighted by molar-refractivity contribution is 7.91. The SMILES string of the molecule is Cc1nccn1Cc1ccc(-c2cc(CC(C)C)sc2S(=O)(=O)N(CC2(O)CCCCC2)C(=O)O)cc1F. The van der Waals surface area contributed by atoms with E-state index in [1.165, 1.54) is 6.07 Å². The molecule has 2 N–H and O–H groups in total. The number of sulfonamides is 1. The van der Waals surface area contributed by atoms with Crippen molar-refractivity contribution in [3.05, 3.63) is 58.7 Å². The Kier molecular flexibility index (Phi) is 8.29. The zero-order valence-electron chi connectivity index (χ0n) is 21.9. The highest BCUT2D eigenvalue weighted by Gasteiger charge is 2.40. The van der Waals surface area contributed by atoms with E-state index in [9.17, 15) is 23.4 Å². The second kappa shape index (κ2) is 11.2. The van der Waals surface area contributed by atoms with Crippen molar-refractivity contribution in [1.82, 2.24) is 13.9 Å². The molecular weight excluding hydrogens is 529 g/mol. The van der Waals surface area contributed by atoms with Gasteiger partial charge in [-0.2, -0.15) is 12.7 Å². The molecule has 8 nitrogen and oxygen atoms in total. The summed E-state index contributed by atoms with van der Waals surface area (Å²) in [6.45, 7) is 5.57. The summed E-state index contributed by atoms with van der Waals surface area (Å²) in [6.07, 6.45) is 5.34. The Hall–Kier alpha value is -2.76. The van der Waals surface area contributed by atoms with Crippen molar-refractivity contribution in [2.75, 3.05) is 6.54 Å². The molecule has 0 unspecified atom stereocenters. The van der Waals surface area contributed by atoms with Crippen LogP contribution in [0, 0.1) is 18.7 Å². The Balaban J connectivity index is 1.74. The van der Waals surface area contributed by atoms with Gasteiger partial charge >= 0.3 is 6.09 Å². The minimum Gasteiger partial charge on any atom is -0.464 e. The van der Waals surface area contributed by atoms with Crippen molar-refractivity contribution in [1.29, 1.82) is 0 Å². The number of aliphatic hydroxyl groups is 1. The Labute approximate surface area is 226 Å². The fraction of sp³-hybridized carbons (Fsp3) is 0.481. The standard InChI is InChI=1S/C27H34FN3O5S2/c1-18(2)13-22-15-23(20-7-8-21(24(28)14-20)16-30-12-11-29-19(30)3)25(37-22)38(35,36)31(26(32)33)17-27(34)9-5-4-6-10-27/h7-8,11-12,14-15,18,34H,4-6,9-10,13,16-17H2,1-3H3,(H,32,33). The molecule has 0 bridgehead atoms. The van der Waals surface area contributed by atoms with Crippen molar-refractivity contribution >= 4 is 27.5 Å². The molecule has 1 saturated carbocycles. The van der Waals surface area contributed by atoms with Crippen LogP contribution in [-0.2, 0) is 23.0 Å². The molecule has 0 atom stereocenters. The number of hydrogen-bond donors (Lipinski definition) is 2. The average molecular weight is 564 g/mol. The molecule has 0 aliphatic heterocycles. The number of hydrogen-bond acceptors (Lipinski definition) is 6. The van der Waals surface area contributed by atoms with Gasteiger partial charge in [0.15, 0.2) is 0 Å². The van der Waals surface area contributed by atoms with Crippen LogP contribution in [0.3, 0.4) is 0 Å². The van der Waals surface area contributed by atoms with Gasteiger partial charge in [-0.1, -0.05) is 45.2 Å². The second-order valence-electron chi connectivity index (χ2n) is 10.5. The molecule has 38 heavy (non-hydrogen) atoms. The zero-order valence-corrected chi connectivity index (χ0v) is 23.5. The molecule has 4 rings (SSSR count). The number of thiophene rings is 1. The molecule has 1 amide bonds. The summed E-state index contributed by atoms with van der Waals surface area (Å²) in [7, 11) is -4.54. The van der Waals surface area contributed by atoms with Gasteiger partial charge in [0.05, 0.1) is 18.7 Å². The molecule has 2 heterocycles. The van der Waals surface area contributed by atoms with Gasteiger partial charge in [-0.25, -0.2) is 14.2 Å². The summed E-state index contributed by atoms with van der Waals surface area (Å²) >= 11 is 1.00. The third-order valence-electron chi connectivity index (χ3n) is 6.95. The first-order chi connectivity index (χ1) is 17.9. The predicted octanol–water partition coefficient (Wildman–Crippen LogP) is 5.67. The van der Waals surface area contributed by atoms with Crippen LogP contribution in [0.5, 0.6) is 0 Å². The van der Waals surface area contributed by atoms with E-state index < -0.39 is 34.1 Å². The van der Waals surface area contributed by atoms with Gasteiger partial charge in [-0.3, -0.25) is 0 Å². The van der Waals surface area contributed by atoms with E-state index in [4.69, 9.17) is 0 Å². The summed E-state index contributed by atoms with van der Waals surface area (Å²) in [4.78, 5) is 17.1. The number of halogens is 1. The molecule has 3 aromatic rings. The molecule has 0 spiro atoms. The van der Waals surface area contributed by atoms with Crippen molar-refractivity contribution in [3.8, 4) is 11.1 Å². The van der Waals surface area contributed by atoms with Crippen LogP contribution >= 0.6 is 11.3 Å². The quantitative estimate of drug-likeness (QED) is 0.347. The van der Waals surface area contributed by atoms with Crippen LogP contribution in [0.25, 0.3) is 11.1 Å². The van der Waals surface area contributed by atoms with Crippen LogP contribution in [0.1, 0.15) is 62.2 Å². The third kappa shape index (κ3) is 6.10. The highest BCUT2D eigenvalue weighted by Crippen LogP contribution is 2.40. The maximum Gasteiger partial charge on any atom is 0.421 e. The Bertz CT molecular complexity index is 1410. The highest BCUT2D eigenvalue weighted by atomic mass is 32.2. The van der Waals surface area contributed by atoms with E-state index in [1.807, 2.05) is 20.8 Å². The van der Waals surface area contributed by atoms with Gasteiger partial charge in [0, 0.05) is 28.4 Å². The molecular formula is C27H34FN3O5S2. The lowest BCUT2D eigenvalue weighted by Gasteiger charge is -2.35. The topological polar surface area (TPSA) is 113 Å². The third-order valence-corrected chi connectivity index (χ3v) is 10.3. The summed E-state index contributed by atoms with van der Waals surface area (Å²) in [5, 5.41) is 20.9. The maximum atomic E-state index is 15.2. The van der Waals surface area contributed by atoms with E-state index >= 15 is 4.39 Å². The molecule has 1 aliphatic carbocycles. The normalized spacial score (nSPS) is 15.6. The Morgan fingerprint density at radius 1 is 1.24 bits per heavy atom. The fourth-order valence-corrected chi connectivity index (χ4v) is 8.31. The number of carboxylic acid groups (broad SMARTS) is 1. The first-order valence-electron chi connectivity index (χ1n) is 12.8. The van der Waals surface area contributed by atoms with Gasteiger partial charge in [0.2, 0.25) is 0 Å². The van der Waals surface area contributed by atoms with Crippen LogP contribution < -0.4 is 0 Å². The number of imidazole rings is 1. The largest absolute Gasteiger partial charge is 0.464 e. The van der Waals surface area contributed by atoms with E-state index in [-0.39, 0.29) is 22.2 Å². The summed E-state index contributed by atoms with van der Waals surface area (Å²) in [5.74, 6) is 0.474. The van der Waals surface area contributed by atoms with Gasteiger partial charge in [-0.15, -0.1) is 11.3 Å². The van der Waals surface area contributed by atoms with Crippen molar-refractivity contribution in [3.63, 3.8) is 0 Å². The Morgan fingerprint density at radius 2 is 1.95 bits per heavy atom. The molecule has 206 valence electrons. The number of amides is 1. The smallest absolute Gasteiger partial charge is 0.421 e. The molecule has 1 aromatic carbocycles. The monoisotopic (exact) mass is 563 g/mol. The van der Waals surface area contributed by atoms with Crippen LogP contribution in [0.15, 0.2) is 40.9 Å². The van der Waals surface area contributed by atoms with E-state index in [0.717, 1.165) is 28.5 Å². The zero-order chi connectivity index (χ0) is 27.7. The molecule has 1 fully saturated rings. The number of carbonyl (C=O) groups is 1.